The molecule has 1 aliphatic heterocycles. The highest BCUT2D eigenvalue weighted by Crippen LogP contribution is 2.23. The zero-order chi connectivity index (χ0) is 12.3. The maximum atomic E-state index is 11.8. The average Bonchev–Trinajstić information content (AvgIpc) is 2.34. The Balaban J connectivity index is 2.10. The lowest BCUT2D eigenvalue weighted by molar-refractivity contribution is -0.117. The van der Waals surface area contributed by atoms with Crippen molar-refractivity contribution in [3.05, 3.63) is 38.8 Å². The summed E-state index contributed by atoms with van der Waals surface area (Å²) >= 11 is 7.93. The number of amides is 1. The van der Waals surface area contributed by atoms with Crippen LogP contribution in [0, 0.1) is 3.57 Å². The SMILES string of the molecule is O=C(Nc1ccc(Cl)cc1I)C1=COCCO1. The highest BCUT2D eigenvalue weighted by Gasteiger charge is 2.16. The Hall–Kier alpha value is -0.950. The van der Waals surface area contributed by atoms with Crippen LogP contribution in [0.2, 0.25) is 5.02 Å². The van der Waals surface area contributed by atoms with E-state index in [2.05, 4.69) is 27.9 Å². The van der Waals surface area contributed by atoms with Crippen LogP contribution in [-0.4, -0.2) is 19.1 Å². The second-order valence-electron chi connectivity index (χ2n) is 3.28. The second-order valence-corrected chi connectivity index (χ2v) is 4.88. The summed E-state index contributed by atoms with van der Waals surface area (Å²) in [6, 6.07) is 5.22. The minimum atomic E-state index is -0.329. The van der Waals surface area contributed by atoms with Crippen molar-refractivity contribution < 1.29 is 14.3 Å². The van der Waals surface area contributed by atoms with Gasteiger partial charge in [-0.1, -0.05) is 11.6 Å². The van der Waals surface area contributed by atoms with E-state index in [4.69, 9.17) is 21.1 Å². The van der Waals surface area contributed by atoms with E-state index in [0.29, 0.717) is 23.9 Å². The Morgan fingerprint density at radius 3 is 2.88 bits per heavy atom. The van der Waals surface area contributed by atoms with Crippen LogP contribution in [-0.2, 0) is 14.3 Å². The molecule has 90 valence electrons. The Morgan fingerprint density at radius 1 is 1.41 bits per heavy atom. The van der Waals surface area contributed by atoms with E-state index in [-0.39, 0.29) is 11.7 Å². The smallest absolute Gasteiger partial charge is 0.294 e. The minimum absolute atomic E-state index is 0.182. The molecule has 1 N–H and O–H groups in total. The van der Waals surface area contributed by atoms with E-state index >= 15 is 0 Å². The van der Waals surface area contributed by atoms with E-state index in [1.807, 2.05) is 0 Å². The van der Waals surface area contributed by atoms with Crippen molar-refractivity contribution >= 4 is 45.8 Å². The monoisotopic (exact) mass is 365 g/mol. The van der Waals surface area contributed by atoms with Crippen LogP contribution in [0.1, 0.15) is 0 Å². The summed E-state index contributed by atoms with van der Waals surface area (Å²) in [5.74, 6) is -0.146. The molecule has 1 aromatic rings. The third kappa shape index (κ3) is 3.26. The van der Waals surface area contributed by atoms with E-state index < -0.39 is 0 Å². The molecule has 0 unspecified atom stereocenters. The number of hydrogen-bond donors (Lipinski definition) is 1. The van der Waals surface area contributed by atoms with Gasteiger partial charge in [-0.3, -0.25) is 4.79 Å². The number of benzene rings is 1. The van der Waals surface area contributed by atoms with Crippen molar-refractivity contribution in [2.24, 2.45) is 0 Å². The predicted molar refractivity (Wildman–Crippen MR) is 72.8 cm³/mol. The number of ether oxygens (including phenoxy) is 2. The zero-order valence-corrected chi connectivity index (χ0v) is 11.6. The summed E-state index contributed by atoms with van der Waals surface area (Å²) < 4.78 is 11.1. The van der Waals surface area contributed by atoms with Crippen LogP contribution in [0.3, 0.4) is 0 Å². The number of rotatable bonds is 2. The number of anilines is 1. The van der Waals surface area contributed by atoms with E-state index in [0.717, 1.165) is 3.57 Å². The van der Waals surface area contributed by atoms with Crippen molar-refractivity contribution in [3.63, 3.8) is 0 Å². The van der Waals surface area contributed by atoms with Crippen molar-refractivity contribution in [3.8, 4) is 0 Å². The number of halogens is 2. The molecule has 0 spiro atoms. The van der Waals surface area contributed by atoms with Crippen LogP contribution < -0.4 is 5.32 Å². The molecule has 1 amide bonds. The fraction of sp³-hybridized carbons (Fsp3) is 0.182. The Bertz CT molecular complexity index is 476. The lowest BCUT2D eigenvalue weighted by Gasteiger charge is -2.15. The van der Waals surface area contributed by atoms with Crippen LogP contribution >= 0.6 is 34.2 Å². The van der Waals surface area contributed by atoms with Crippen molar-refractivity contribution in [1.29, 1.82) is 0 Å². The number of nitrogens with one attached hydrogen (secondary N) is 1. The van der Waals surface area contributed by atoms with Gasteiger partial charge in [-0.05, 0) is 40.8 Å². The molecule has 0 saturated carbocycles. The molecule has 0 radical (unpaired) electrons. The maximum absolute atomic E-state index is 11.8. The van der Waals surface area contributed by atoms with Gasteiger partial charge in [-0.15, -0.1) is 0 Å². The molecule has 1 heterocycles. The number of hydrogen-bond acceptors (Lipinski definition) is 3. The first-order valence-corrected chi connectivity index (χ1v) is 6.33. The summed E-state index contributed by atoms with van der Waals surface area (Å²) in [5.41, 5.74) is 0.690. The first-order chi connectivity index (χ1) is 8.16. The molecule has 0 fully saturated rings. The standard InChI is InChI=1S/C11H9ClINO3/c12-7-1-2-9(8(13)5-7)14-11(15)10-6-16-3-4-17-10/h1-2,5-6H,3-4H2,(H,14,15). The molecular weight excluding hydrogens is 356 g/mol. The van der Waals surface area contributed by atoms with Gasteiger partial charge in [0.25, 0.3) is 5.91 Å². The fourth-order valence-electron chi connectivity index (χ4n) is 1.26. The van der Waals surface area contributed by atoms with Crippen LogP contribution in [0.5, 0.6) is 0 Å². The topological polar surface area (TPSA) is 47.6 Å². The maximum Gasteiger partial charge on any atom is 0.294 e. The summed E-state index contributed by atoms with van der Waals surface area (Å²) in [4.78, 5) is 11.8. The van der Waals surface area contributed by atoms with Gasteiger partial charge in [-0.25, -0.2) is 0 Å². The average molecular weight is 366 g/mol. The van der Waals surface area contributed by atoms with Gasteiger partial charge in [0.1, 0.15) is 19.5 Å². The van der Waals surface area contributed by atoms with Gasteiger partial charge in [0.2, 0.25) is 5.76 Å². The highest BCUT2D eigenvalue weighted by atomic mass is 127. The highest BCUT2D eigenvalue weighted by molar-refractivity contribution is 14.1. The first kappa shape index (κ1) is 12.5. The van der Waals surface area contributed by atoms with Gasteiger partial charge < -0.3 is 14.8 Å². The second kappa shape index (κ2) is 5.59. The molecule has 0 bridgehead atoms. The molecule has 0 atom stereocenters. The molecule has 1 aliphatic rings. The summed E-state index contributed by atoms with van der Waals surface area (Å²) in [6.45, 7) is 0.853. The molecule has 2 rings (SSSR count). The van der Waals surface area contributed by atoms with Gasteiger partial charge in [-0.2, -0.15) is 0 Å². The lowest BCUT2D eigenvalue weighted by atomic mass is 10.3. The van der Waals surface area contributed by atoms with Crippen LogP contribution in [0.4, 0.5) is 5.69 Å². The van der Waals surface area contributed by atoms with Crippen LogP contribution in [0.15, 0.2) is 30.2 Å². The lowest BCUT2D eigenvalue weighted by Crippen LogP contribution is -2.21. The van der Waals surface area contributed by atoms with Gasteiger partial charge >= 0.3 is 0 Å². The Labute approximate surface area is 117 Å². The third-order valence-electron chi connectivity index (χ3n) is 2.05. The molecule has 17 heavy (non-hydrogen) atoms. The zero-order valence-electron chi connectivity index (χ0n) is 8.70. The molecule has 0 aromatic heterocycles. The van der Waals surface area contributed by atoms with Crippen molar-refractivity contribution in [2.75, 3.05) is 18.5 Å². The molecule has 0 aliphatic carbocycles. The molecule has 0 saturated heterocycles. The summed E-state index contributed by atoms with van der Waals surface area (Å²) in [6.07, 6.45) is 1.32. The first-order valence-electron chi connectivity index (χ1n) is 4.88. The molecule has 6 heteroatoms. The van der Waals surface area contributed by atoms with E-state index in [9.17, 15) is 4.79 Å². The number of carbonyl (C=O) groups excluding carboxylic acids is 1. The largest absolute Gasteiger partial charge is 0.494 e. The van der Waals surface area contributed by atoms with Gasteiger partial charge in [0.05, 0.1) is 5.69 Å². The normalized spacial score (nSPS) is 14.4. The Morgan fingerprint density at radius 2 is 2.24 bits per heavy atom. The summed E-state index contributed by atoms with van der Waals surface area (Å²) in [5, 5.41) is 3.36. The Kier molecular flexibility index (Phi) is 4.11. The number of carbonyl (C=O) groups is 1. The quantitative estimate of drug-likeness (QED) is 0.820. The van der Waals surface area contributed by atoms with E-state index in [1.165, 1.54) is 6.26 Å². The third-order valence-corrected chi connectivity index (χ3v) is 3.18. The molecule has 4 nitrogen and oxygen atoms in total. The summed E-state index contributed by atoms with van der Waals surface area (Å²) in [7, 11) is 0. The van der Waals surface area contributed by atoms with E-state index in [1.54, 1.807) is 18.2 Å². The van der Waals surface area contributed by atoms with Crippen molar-refractivity contribution in [1.82, 2.24) is 0 Å². The molecule has 1 aromatic carbocycles. The minimum Gasteiger partial charge on any atom is -0.494 e. The fourth-order valence-corrected chi connectivity index (χ4v) is 2.27. The van der Waals surface area contributed by atoms with Crippen molar-refractivity contribution in [2.45, 2.75) is 0 Å². The van der Waals surface area contributed by atoms with Crippen LogP contribution in [0.25, 0.3) is 0 Å². The predicted octanol–water partition coefficient (Wildman–Crippen LogP) is 2.77. The van der Waals surface area contributed by atoms with Gasteiger partial charge in [0, 0.05) is 8.59 Å². The molecular formula is C11H9ClINO3. The van der Waals surface area contributed by atoms with Gasteiger partial charge in [0.15, 0.2) is 0 Å².